The quantitative estimate of drug-likeness (QED) is 0.483. The summed E-state index contributed by atoms with van der Waals surface area (Å²) in [6.45, 7) is 1.64. The lowest BCUT2D eigenvalue weighted by Crippen LogP contribution is -2.74. The third-order valence-electron chi connectivity index (χ3n) is 8.62. The topological polar surface area (TPSA) is 158 Å². The SMILES string of the molecule is CN(C)C1C(=O)C(C(N)=O)C(=O)C2(O)C(=O)C3C(=O)c4c(O)ccc(N5CCCCC5)c4CC3CC12. The van der Waals surface area contributed by atoms with Gasteiger partial charge >= 0.3 is 0 Å². The Morgan fingerprint density at radius 1 is 1.08 bits per heavy atom. The number of hydrogen-bond acceptors (Lipinski definition) is 9. The van der Waals surface area contributed by atoms with Gasteiger partial charge in [0.1, 0.15) is 5.75 Å². The molecule has 10 nitrogen and oxygen atoms in total. The van der Waals surface area contributed by atoms with Gasteiger partial charge in [-0.05, 0) is 69.8 Å². The summed E-state index contributed by atoms with van der Waals surface area (Å²) in [6.07, 6.45) is 3.48. The first kappa shape index (κ1) is 24.6. The maximum atomic E-state index is 13.8. The third kappa shape index (κ3) is 3.27. The van der Waals surface area contributed by atoms with Crippen molar-refractivity contribution in [2.24, 2.45) is 29.4 Å². The average molecular weight is 498 g/mol. The summed E-state index contributed by atoms with van der Waals surface area (Å²) in [5, 5.41) is 22.3. The van der Waals surface area contributed by atoms with Gasteiger partial charge in [-0.1, -0.05) is 0 Å². The van der Waals surface area contributed by atoms with Gasteiger partial charge in [0.15, 0.2) is 34.7 Å². The predicted molar refractivity (Wildman–Crippen MR) is 127 cm³/mol. The van der Waals surface area contributed by atoms with Gasteiger partial charge in [0, 0.05) is 24.7 Å². The first-order valence-electron chi connectivity index (χ1n) is 12.4. The zero-order valence-corrected chi connectivity index (χ0v) is 20.4. The number of primary amides is 1. The number of aliphatic hydroxyl groups is 1. The second-order valence-electron chi connectivity index (χ2n) is 10.8. The van der Waals surface area contributed by atoms with Crippen molar-refractivity contribution in [2.45, 2.75) is 43.7 Å². The zero-order valence-electron chi connectivity index (χ0n) is 20.4. The highest BCUT2D eigenvalue weighted by molar-refractivity contribution is 6.32. The highest BCUT2D eigenvalue weighted by atomic mass is 16.3. The second kappa shape index (κ2) is 8.48. The molecule has 192 valence electrons. The molecule has 1 heterocycles. The molecule has 0 radical (unpaired) electrons. The van der Waals surface area contributed by atoms with Gasteiger partial charge in [0.05, 0.1) is 17.5 Å². The van der Waals surface area contributed by atoms with Crippen molar-refractivity contribution in [3.05, 3.63) is 23.3 Å². The number of aromatic hydroxyl groups is 1. The fourth-order valence-electron chi connectivity index (χ4n) is 7.02. The molecule has 4 aliphatic rings. The molecule has 10 heteroatoms. The van der Waals surface area contributed by atoms with Crippen LogP contribution in [0.15, 0.2) is 12.1 Å². The van der Waals surface area contributed by atoms with E-state index in [4.69, 9.17) is 5.73 Å². The van der Waals surface area contributed by atoms with Crippen LogP contribution in [-0.4, -0.2) is 83.0 Å². The summed E-state index contributed by atoms with van der Waals surface area (Å²) in [7, 11) is 3.14. The second-order valence-corrected chi connectivity index (χ2v) is 10.8. The largest absolute Gasteiger partial charge is 0.507 e. The van der Waals surface area contributed by atoms with Crippen molar-refractivity contribution >= 4 is 34.7 Å². The molecule has 5 rings (SSSR count). The smallest absolute Gasteiger partial charge is 0.235 e. The van der Waals surface area contributed by atoms with Crippen LogP contribution in [0.1, 0.15) is 41.6 Å². The van der Waals surface area contributed by atoms with Gasteiger partial charge in [-0.15, -0.1) is 0 Å². The van der Waals surface area contributed by atoms with Gasteiger partial charge in [0.2, 0.25) is 5.91 Å². The van der Waals surface area contributed by atoms with E-state index in [0.29, 0.717) is 5.56 Å². The normalized spacial score (nSPS) is 34.3. The molecule has 3 aliphatic carbocycles. The van der Waals surface area contributed by atoms with Crippen LogP contribution in [0.2, 0.25) is 0 Å². The fourth-order valence-corrected chi connectivity index (χ4v) is 7.02. The van der Waals surface area contributed by atoms with Crippen molar-refractivity contribution in [3.63, 3.8) is 0 Å². The van der Waals surface area contributed by atoms with Crippen LogP contribution in [0.4, 0.5) is 5.69 Å². The van der Waals surface area contributed by atoms with Crippen LogP contribution in [0.25, 0.3) is 0 Å². The highest BCUT2D eigenvalue weighted by Gasteiger charge is 2.69. The molecule has 0 bridgehead atoms. The summed E-state index contributed by atoms with van der Waals surface area (Å²) in [6, 6.07) is 2.14. The van der Waals surface area contributed by atoms with Gasteiger partial charge < -0.3 is 20.8 Å². The van der Waals surface area contributed by atoms with Gasteiger partial charge in [-0.25, -0.2) is 0 Å². The standard InChI is InChI=1S/C26H31N3O7/c1-28(2)20-14-11-12-10-13-15(29-8-4-3-5-9-29)6-7-16(30)18(13)21(31)17(12)23(33)26(14,36)24(34)19(22(20)32)25(27)35/h6-7,12,14,17,19-20,30,36H,3-5,8-11H2,1-2H3,(H2,27,35). The van der Waals surface area contributed by atoms with Crippen LogP contribution >= 0.6 is 0 Å². The molecule has 4 N–H and O–H groups in total. The number of rotatable bonds is 3. The molecule has 6 unspecified atom stereocenters. The van der Waals surface area contributed by atoms with Crippen molar-refractivity contribution < 1.29 is 34.2 Å². The molecule has 6 atom stereocenters. The predicted octanol–water partition coefficient (Wildman–Crippen LogP) is -0.143. The Labute approximate surface area is 208 Å². The van der Waals surface area contributed by atoms with E-state index in [1.54, 1.807) is 20.2 Å². The number of carbonyl (C=O) groups is 5. The third-order valence-corrected chi connectivity index (χ3v) is 8.62. The van der Waals surface area contributed by atoms with Crippen LogP contribution in [0.3, 0.4) is 0 Å². The Morgan fingerprint density at radius 3 is 2.36 bits per heavy atom. The number of piperidine rings is 1. The fraction of sp³-hybridized carbons (Fsp3) is 0.577. The lowest BCUT2D eigenvalue weighted by molar-refractivity contribution is -0.181. The molecule has 1 aromatic carbocycles. The Kier molecular flexibility index (Phi) is 5.79. The van der Waals surface area contributed by atoms with E-state index < -0.39 is 64.4 Å². The minimum Gasteiger partial charge on any atom is -0.507 e. The van der Waals surface area contributed by atoms with Crippen molar-refractivity contribution in [1.29, 1.82) is 0 Å². The molecule has 36 heavy (non-hydrogen) atoms. The number of fused-ring (bicyclic) bond motifs is 3. The van der Waals surface area contributed by atoms with E-state index >= 15 is 0 Å². The van der Waals surface area contributed by atoms with Crippen molar-refractivity contribution in [2.75, 3.05) is 32.1 Å². The molecular formula is C26H31N3O7. The minimum absolute atomic E-state index is 0.0460. The van der Waals surface area contributed by atoms with E-state index in [0.717, 1.165) is 38.0 Å². The summed E-state index contributed by atoms with van der Waals surface area (Å²) in [4.78, 5) is 69.7. The number of ketones is 4. The molecule has 1 saturated heterocycles. The minimum atomic E-state index is -2.70. The maximum absolute atomic E-state index is 13.8. The summed E-state index contributed by atoms with van der Waals surface area (Å²) >= 11 is 0. The Balaban J connectivity index is 1.62. The summed E-state index contributed by atoms with van der Waals surface area (Å²) in [5.74, 6) is -10.2. The van der Waals surface area contributed by atoms with E-state index in [1.165, 1.54) is 11.0 Å². The molecule has 2 saturated carbocycles. The van der Waals surface area contributed by atoms with Gasteiger partial charge in [0.25, 0.3) is 0 Å². The summed E-state index contributed by atoms with van der Waals surface area (Å²) < 4.78 is 0. The Hall–Kier alpha value is -3.11. The number of phenolic OH excluding ortho intramolecular Hbond substituents is 1. The Bertz CT molecular complexity index is 1190. The van der Waals surface area contributed by atoms with Gasteiger partial charge in [-0.2, -0.15) is 0 Å². The van der Waals surface area contributed by atoms with Crippen LogP contribution < -0.4 is 10.6 Å². The van der Waals surface area contributed by atoms with Crippen molar-refractivity contribution in [3.8, 4) is 5.75 Å². The summed E-state index contributed by atoms with van der Waals surface area (Å²) in [5.41, 5.74) is 4.19. The number of likely N-dealkylation sites (N-methyl/N-ethyl adjacent to an activating group) is 1. The molecule has 0 aromatic heterocycles. The number of anilines is 1. The molecular weight excluding hydrogens is 466 g/mol. The number of nitrogens with two attached hydrogens (primary N) is 1. The monoisotopic (exact) mass is 497 g/mol. The number of Topliss-reactive ketones (excluding diaryl/α,β-unsaturated/α-hetero) is 4. The van der Waals surface area contributed by atoms with E-state index in [9.17, 15) is 34.2 Å². The number of hydrogen-bond donors (Lipinski definition) is 3. The zero-order chi connectivity index (χ0) is 26.1. The molecule has 3 fully saturated rings. The van der Waals surface area contributed by atoms with E-state index in [2.05, 4.69) is 4.90 Å². The van der Waals surface area contributed by atoms with Crippen LogP contribution in [-0.2, 0) is 25.6 Å². The molecule has 1 aliphatic heterocycles. The van der Waals surface area contributed by atoms with Crippen LogP contribution in [0.5, 0.6) is 5.75 Å². The number of phenols is 1. The number of nitrogens with zero attached hydrogens (tertiary/aromatic N) is 2. The number of carbonyl (C=O) groups excluding carboxylic acids is 5. The highest BCUT2D eigenvalue weighted by Crippen LogP contribution is 2.51. The molecule has 1 amide bonds. The molecule has 0 spiro atoms. The Morgan fingerprint density at radius 2 is 1.75 bits per heavy atom. The maximum Gasteiger partial charge on any atom is 0.235 e. The van der Waals surface area contributed by atoms with Gasteiger partial charge in [-0.3, -0.25) is 28.9 Å². The first-order chi connectivity index (χ1) is 17.0. The number of benzene rings is 1. The van der Waals surface area contributed by atoms with Crippen LogP contribution in [0, 0.1) is 23.7 Å². The van der Waals surface area contributed by atoms with Crippen molar-refractivity contribution in [1.82, 2.24) is 4.90 Å². The lowest BCUT2D eigenvalue weighted by Gasteiger charge is -2.52. The lowest BCUT2D eigenvalue weighted by atomic mass is 9.52. The van der Waals surface area contributed by atoms with E-state index in [1.807, 2.05) is 0 Å². The van der Waals surface area contributed by atoms with E-state index in [-0.39, 0.29) is 24.2 Å². The first-order valence-corrected chi connectivity index (χ1v) is 12.4. The average Bonchev–Trinajstić information content (AvgIpc) is 2.81. The molecule has 1 aromatic rings. The number of amides is 1.